The molecule has 0 heterocycles. The third-order valence-corrected chi connectivity index (χ3v) is 6.74. The van der Waals surface area contributed by atoms with Crippen LogP contribution in [0.2, 0.25) is 0 Å². The second kappa shape index (κ2) is 28.3. The zero-order valence-electron chi connectivity index (χ0n) is 22.0. The number of ether oxygens (including phenoxy) is 1. The van der Waals surface area contributed by atoms with Crippen LogP contribution >= 0.6 is 0 Å². The molecule has 0 aromatic carbocycles. The minimum atomic E-state index is -0.649. The molecule has 0 rings (SSSR count). The molecular weight excluding hydrogens is 394 g/mol. The van der Waals surface area contributed by atoms with Crippen LogP contribution in [0.15, 0.2) is 0 Å². The molecule has 0 aromatic rings. The summed E-state index contributed by atoms with van der Waals surface area (Å²) in [7, 11) is 0. The van der Waals surface area contributed by atoms with Crippen molar-refractivity contribution in [3.63, 3.8) is 0 Å². The van der Waals surface area contributed by atoms with Gasteiger partial charge in [0.1, 0.15) is 0 Å². The number of unbranched alkanes of at least 4 members (excludes halogenated alkanes) is 25. The van der Waals surface area contributed by atoms with Crippen molar-refractivity contribution in [2.45, 2.75) is 174 Å². The summed E-state index contributed by atoms with van der Waals surface area (Å²) in [5, 5.41) is 0. The Balaban J connectivity index is 3.00. The monoisotopic (exact) mass is 453 g/mol. The first kappa shape index (κ1) is 31.3. The summed E-state index contributed by atoms with van der Waals surface area (Å²) in [5.41, 5.74) is 4.94. The molecular formula is C29H59NO2. The third-order valence-electron chi connectivity index (χ3n) is 6.74. The predicted molar refractivity (Wildman–Crippen MR) is 141 cm³/mol. The van der Waals surface area contributed by atoms with E-state index in [-0.39, 0.29) is 0 Å². The van der Waals surface area contributed by atoms with Gasteiger partial charge in [-0.1, -0.05) is 167 Å². The van der Waals surface area contributed by atoms with Gasteiger partial charge in [-0.05, 0) is 6.42 Å². The minimum absolute atomic E-state index is 0.481. The fourth-order valence-corrected chi connectivity index (χ4v) is 4.59. The highest BCUT2D eigenvalue weighted by Gasteiger charge is 1.97. The van der Waals surface area contributed by atoms with Gasteiger partial charge in [0.15, 0.2) is 0 Å². The van der Waals surface area contributed by atoms with Crippen LogP contribution < -0.4 is 5.73 Å². The largest absolute Gasteiger partial charge is 0.450 e. The maximum absolute atomic E-state index is 10.4. The highest BCUT2D eigenvalue weighted by Crippen LogP contribution is 2.15. The third kappa shape index (κ3) is 29.3. The molecule has 3 nitrogen and oxygen atoms in total. The molecule has 0 aliphatic heterocycles. The van der Waals surface area contributed by atoms with Crippen LogP contribution in [0.5, 0.6) is 0 Å². The molecule has 0 fully saturated rings. The van der Waals surface area contributed by atoms with Crippen molar-refractivity contribution >= 4 is 6.09 Å². The van der Waals surface area contributed by atoms with Crippen LogP contribution in [0.25, 0.3) is 0 Å². The van der Waals surface area contributed by atoms with Crippen LogP contribution in [-0.4, -0.2) is 12.7 Å². The molecule has 1 amide bonds. The van der Waals surface area contributed by atoms with E-state index in [0.717, 1.165) is 12.8 Å². The molecule has 0 aliphatic rings. The van der Waals surface area contributed by atoms with E-state index in [4.69, 9.17) is 10.5 Å². The van der Waals surface area contributed by atoms with Gasteiger partial charge >= 0.3 is 6.09 Å². The van der Waals surface area contributed by atoms with E-state index in [1.165, 1.54) is 154 Å². The number of rotatable bonds is 27. The van der Waals surface area contributed by atoms with Gasteiger partial charge in [0.25, 0.3) is 0 Å². The molecule has 2 N–H and O–H groups in total. The zero-order valence-corrected chi connectivity index (χ0v) is 22.0. The Labute approximate surface area is 202 Å². The SMILES string of the molecule is CCCCCCCCCCCCCCCCCCCCCCCCCCCCOC(N)=O. The molecule has 32 heavy (non-hydrogen) atoms. The Hall–Kier alpha value is -0.730. The molecule has 0 unspecified atom stereocenters. The lowest BCUT2D eigenvalue weighted by Crippen LogP contribution is -2.13. The molecule has 0 bridgehead atoms. The second-order valence-corrected chi connectivity index (χ2v) is 10.0. The lowest BCUT2D eigenvalue weighted by Gasteiger charge is -2.04. The van der Waals surface area contributed by atoms with Gasteiger partial charge in [-0.3, -0.25) is 0 Å². The van der Waals surface area contributed by atoms with Crippen molar-refractivity contribution in [3.8, 4) is 0 Å². The number of nitrogens with two attached hydrogens (primary N) is 1. The van der Waals surface area contributed by atoms with Gasteiger partial charge in [-0.15, -0.1) is 0 Å². The average molecular weight is 454 g/mol. The Bertz CT molecular complexity index is 359. The summed E-state index contributed by atoms with van der Waals surface area (Å²) in [5.74, 6) is 0. The van der Waals surface area contributed by atoms with Gasteiger partial charge < -0.3 is 10.5 Å². The average Bonchev–Trinajstić information content (AvgIpc) is 2.78. The zero-order chi connectivity index (χ0) is 23.4. The standard InChI is InChI=1S/C29H59NO2/c1-2-3-4-5-6-7-8-9-10-11-12-13-14-15-16-17-18-19-20-21-22-23-24-25-26-27-28-32-29(30)31/h2-28H2,1H3,(H2,30,31). The summed E-state index contributed by atoms with van der Waals surface area (Å²) < 4.78 is 4.74. The van der Waals surface area contributed by atoms with Gasteiger partial charge in [0.05, 0.1) is 6.61 Å². The maximum atomic E-state index is 10.4. The summed E-state index contributed by atoms with van der Waals surface area (Å²) >= 11 is 0. The van der Waals surface area contributed by atoms with E-state index >= 15 is 0 Å². The molecule has 0 aliphatic carbocycles. The number of amides is 1. The van der Waals surface area contributed by atoms with E-state index in [0.29, 0.717) is 6.61 Å². The van der Waals surface area contributed by atoms with Gasteiger partial charge in [0.2, 0.25) is 0 Å². The number of carbonyl (C=O) groups is 1. The van der Waals surface area contributed by atoms with E-state index < -0.39 is 6.09 Å². The van der Waals surface area contributed by atoms with E-state index in [1.807, 2.05) is 0 Å². The molecule has 192 valence electrons. The van der Waals surface area contributed by atoms with Crippen molar-refractivity contribution < 1.29 is 9.53 Å². The van der Waals surface area contributed by atoms with Gasteiger partial charge in [0, 0.05) is 0 Å². The first-order valence-electron chi connectivity index (χ1n) is 14.7. The lowest BCUT2D eigenvalue weighted by atomic mass is 10.0. The molecule has 0 saturated heterocycles. The Morgan fingerprint density at radius 1 is 0.438 bits per heavy atom. The number of hydrogen-bond donors (Lipinski definition) is 1. The Kier molecular flexibility index (Phi) is 27.7. The van der Waals surface area contributed by atoms with E-state index in [9.17, 15) is 4.79 Å². The number of primary amides is 1. The normalized spacial score (nSPS) is 11.2. The first-order valence-corrected chi connectivity index (χ1v) is 14.7. The van der Waals surface area contributed by atoms with Crippen molar-refractivity contribution in [3.05, 3.63) is 0 Å². The number of carbonyl (C=O) groups excluding carboxylic acids is 1. The van der Waals surface area contributed by atoms with Crippen molar-refractivity contribution in [2.75, 3.05) is 6.61 Å². The molecule has 0 saturated carbocycles. The first-order chi connectivity index (χ1) is 15.8. The minimum Gasteiger partial charge on any atom is -0.450 e. The lowest BCUT2D eigenvalue weighted by molar-refractivity contribution is 0.154. The smallest absolute Gasteiger partial charge is 0.404 e. The fourth-order valence-electron chi connectivity index (χ4n) is 4.59. The van der Waals surface area contributed by atoms with Crippen LogP contribution in [0.4, 0.5) is 4.79 Å². The Morgan fingerprint density at radius 3 is 0.875 bits per heavy atom. The van der Waals surface area contributed by atoms with Crippen LogP contribution in [-0.2, 0) is 4.74 Å². The van der Waals surface area contributed by atoms with E-state index in [2.05, 4.69) is 6.92 Å². The predicted octanol–water partition coefficient (Wildman–Crippen LogP) is 10.2. The maximum Gasteiger partial charge on any atom is 0.404 e. The van der Waals surface area contributed by atoms with Gasteiger partial charge in [-0.25, -0.2) is 4.79 Å². The second-order valence-electron chi connectivity index (χ2n) is 10.0. The van der Waals surface area contributed by atoms with Crippen molar-refractivity contribution in [1.82, 2.24) is 0 Å². The quantitative estimate of drug-likeness (QED) is 0.126. The van der Waals surface area contributed by atoms with Crippen LogP contribution in [0.3, 0.4) is 0 Å². The number of hydrogen-bond acceptors (Lipinski definition) is 2. The fraction of sp³-hybridized carbons (Fsp3) is 0.966. The highest BCUT2D eigenvalue weighted by atomic mass is 16.5. The van der Waals surface area contributed by atoms with Crippen molar-refractivity contribution in [2.24, 2.45) is 5.73 Å². The summed E-state index contributed by atoms with van der Waals surface area (Å²) in [6, 6.07) is 0. The highest BCUT2D eigenvalue weighted by molar-refractivity contribution is 5.64. The topological polar surface area (TPSA) is 52.3 Å². The molecule has 0 spiro atoms. The molecule has 0 atom stereocenters. The van der Waals surface area contributed by atoms with Crippen molar-refractivity contribution in [1.29, 1.82) is 0 Å². The summed E-state index contributed by atoms with van der Waals surface area (Å²) in [6.45, 7) is 2.78. The summed E-state index contributed by atoms with van der Waals surface area (Å²) in [4.78, 5) is 10.4. The van der Waals surface area contributed by atoms with E-state index in [1.54, 1.807) is 0 Å². The molecule has 0 aromatic heterocycles. The van der Waals surface area contributed by atoms with Crippen LogP contribution in [0, 0.1) is 0 Å². The van der Waals surface area contributed by atoms with Gasteiger partial charge in [-0.2, -0.15) is 0 Å². The Morgan fingerprint density at radius 2 is 0.656 bits per heavy atom. The molecule has 3 heteroatoms. The van der Waals surface area contributed by atoms with Crippen LogP contribution in [0.1, 0.15) is 174 Å². The summed E-state index contributed by atoms with van der Waals surface area (Å²) in [6.07, 6.45) is 35.8. The molecule has 0 radical (unpaired) electrons.